The van der Waals surface area contributed by atoms with Gasteiger partial charge >= 0.3 is 6.03 Å². The number of primary amides is 1. The molecular weight excluding hydrogens is 332 g/mol. The Kier molecular flexibility index (Phi) is 3.97. The minimum Gasteiger partial charge on any atom is -0.504 e. The minimum atomic E-state index is -0.718. The predicted molar refractivity (Wildman–Crippen MR) is 79.0 cm³/mol. The molecule has 0 aromatic heterocycles. The van der Waals surface area contributed by atoms with Crippen molar-refractivity contribution in [1.29, 1.82) is 0 Å². The molecule has 0 fully saturated rings. The normalized spacial score (nSPS) is 10.2. The van der Waals surface area contributed by atoms with E-state index in [1.54, 1.807) is 30.3 Å². The number of carbonyl (C=O) groups excluding carboxylic acids is 1. The van der Waals surface area contributed by atoms with Crippen LogP contribution in [0, 0.1) is 0 Å². The molecule has 0 saturated heterocycles. The Morgan fingerprint density at radius 2 is 1.79 bits per heavy atom. The molecule has 2 aromatic rings. The molecule has 0 spiro atoms. The van der Waals surface area contributed by atoms with Crippen molar-refractivity contribution < 1.29 is 9.90 Å². The number of anilines is 2. The number of amides is 2. The number of urea groups is 1. The van der Waals surface area contributed by atoms with Crippen molar-refractivity contribution in [3.63, 3.8) is 0 Å². The summed E-state index contributed by atoms with van der Waals surface area (Å²) in [4.78, 5) is 12.9. The Morgan fingerprint density at radius 1 is 1.16 bits per heavy atom. The Hall–Kier alpha value is -1.72. The molecule has 3 N–H and O–H groups in total. The van der Waals surface area contributed by atoms with Gasteiger partial charge in [0.2, 0.25) is 0 Å². The maximum Gasteiger partial charge on any atom is 0.324 e. The third-order valence-electron chi connectivity index (χ3n) is 2.52. The quantitative estimate of drug-likeness (QED) is 0.866. The van der Waals surface area contributed by atoms with Crippen LogP contribution in [-0.2, 0) is 0 Å². The number of phenols is 1. The van der Waals surface area contributed by atoms with Crippen LogP contribution >= 0.6 is 27.5 Å². The summed E-state index contributed by atoms with van der Waals surface area (Å²) in [7, 11) is 0. The lowest BCUT2D eigenvalue weighted by Gasteiger charge is -2.23. The zero-order chi connectivity index (χ0) is 14.0. The first-order chi connectivity index (χ1) is 9.02. The molecule has 98 valence electrons. The Bertz CT molecular complexity index is 634. The summed E-state index contributed by atoms with van der Waals surface area (Å²) in [5.41, 5.74) is 6.15. The van der Waals surface area contributed by atoms with Crippen LogP contribution in [0.3, 0.4) is 0 Å². The Morgan fingerprint density at radius 3 is 2.42 bits per heavy atom. The van der Waals surface area contributed by atoms with E-state index in [1.165, 1.54) is 11.0 Å². The summed E-state index contributed by atoms with van der Waals surface area (Å²) >= 11 is 9.19. The molecule has 2 aromatic carbocycles. The van der Waals surface area contributed by atoms with E-state index in [4.69, 9.17) is 17.3 Å². The fourth-order valence-corrected chi connectivity index (χ4v) is 2.32. The van der Waals surface area contributed by atoms with Gasteiger partial charge in [-0.15, -0.1) is 0 Å². The van der Waals surface area contributed by atoms with E-state index in [0.29, 0.717) is 10.2 Å². The Balaban J connectivity index is 2.62. The number of hydrogen-bond donors (Lipinski definition) is 2. The fraction of sp³-hybridized carbons (Fsp3) is 0. The molecule has 0 aliphatic carbocycles. The summed E-state index contributed by atoms with van der Waals surface area (Å²) in [6, 6.07) is 11.0. The van der Waals surface area contributed by atoms with Crippen molar-refractivity contribution in [2.75, 3.05) is 4.90 Å². The molecule has 0 aliphatic heterocycles. The summed E-state index contributed by atoms with van der Waals surface area (Å²) in [6.07, 6.45) is 0. The lowest BCUT2D eigenvalue weighted by atomic mass is 10.2. The molecule has 2 amide bonds. The molecule has 0 saturated carbocycles. The topological polar surface area (TPSA) is 66.6 Å². The van der Waals surface area contributed by atoms with Crippen molar-refractivity contribution in [1.82, 2.24) is 0 Å². The fourth-order valence-electron chi connectivity index (χ4n) is 1.68. The first kappa shape index (κ1) is 13.7. The minimum absolute atomic E-state index is 0.149. The number of para-hydroxylation sites is 2. The lowest BCUT2D eigenvalue weighted by molar-refractivity contribution is 0.256. The van der Waals surface area contributed by atoms with Crippen LogP contribution in [0.5, 0.6) is 5.75 Å². The van der Waals surface area contributed by atoms with Gasteiger partial charge in [0.05, 0.1) is 16.4 Å². The molecular formula is C13H10BrClN2O2. The summed E-state index contributed by atoms with van der Waals surface area (Å²) in [5.74, 6) is -0.196. The maximum absolute atomic E-state index is 11.7. The maximum atomic E-state index is 11.7. The molecule has 6 heteroatoms. The molecule has 0 heterocycles. The largest absolute Gasteiger partial charge is 0.504 e. The smallest absolute Gasteiger partial charge is 0.324 e. The van der Waals surface area contributed by atoms with Crippen molar-refractivity contribution in [2.24, 2.45) is 5.73 Å². The van der Waals surface area contributed by atoms with E-state index in [1.807, 2.05) is 6.07 Å². The number of hydrogen-bond acceptors (Lipinski definition) is 2. The van der Waals surface area contributed by atoms with Gasteiger partial charge in [-0.2, -0.15) is 0 Å². The SMILES string of the molecule is NC(=O)N(c1ccccc1Br)c1cccc(Cl)c1O. The Labute approximate surface area is 123 Å². The molecule has 19 heavy (non-hydrogen) atoms. The van der Waals surface area contributed by atoms with Crippen LogP contribution in [0.4, 0.5) is 16.2 Å². The first-order valence-electron chi connectivity index (χ1n) is 5.34. The molecule has 4 nitrogen and oxygen atoms in total. The van der Waals surface area contributed by atoms with Crippen LogP contribution in [0.15, 0.2) is 46.9 Å². The van der Waals surface area contributed by atoms with Crippen molar-refractivity contribution in [3.05, 3.63) is 52.0 Å². The molecule has 0 bridgehead atoms. The van der Waals surface area contributed by atoms with E-state index in [0.717, 1.165) is 0 Å². The van der Waals surface area contributed by atoms with Crippen LogP contribution < -0.4 is 10.6 Å². The molecule has 0 unspecified atom stereocenters. The standard InChI is InChI=1S/C13H10BrClN2O2/c14-8-4-1-2-6-10(8)17(13(16)19)11-7-3-5-9(15)12(11)18/h1-7,18H,(H2,16,19). The number of phenolic OH excluding ortho intramolecular Hbond substituents is 1. The first-order valence-corrected chi connectivity index (χ1v) is 6.51. The van der Waals surface area contributed by atoms with Gasteiger partial charge in [-0.1, -0.05) is 29.8 Å². The predicted octanol–water partition coefficient (Wildman–Crippen LogP) is 4.02. The number of aromatic hydroxyl groups is 1. The van der Waals surface area contributed by atoms with Crippen molar-refractivity contribution in [2.45, 2.75) is 0 Å². The average Bonchev–Trinajstić information content (AvgIpc) is 2.37. The lowest BCUT2D eigenvalue weighted by Crippen LogP contribution is -2.31. The van der Waals surface area contributed by atoms with Gasteiger partial charge in [0, 0.05) is 4.47 Å². The second-order valence-corrected chi connectivity index (χ2v) is 4.99. The zero-order valence-corrected chi connectivity index (χ0v) is 12.0. The van der Waals surface area contributed by atoms with Gasteiger partial charge in [-0.25, -0.2) is 4.79 Å². The van der Waals surface area contributed by atoms with E-state index in [9.17, 15) is 9.90 Å². The van der Waals surface area contributed by atoms with Gasteiger partial charge < -0.3 is 10.8 Å². The van der Waals surface area contributed by atoms with Crippen LogP contribution in [-0.4, -0.2) is 11.1 Å². The van der Waals surface area contributed by atoms with Gasteiger partial charge in [-0.3, -0.25) is 4.90 Å². The van der Waals surface area contributed by atoms with Gasteiger partial charge in [0.1, 0.15) is 0 Å². The second kappa shape index (κ2) is 5.50. The second-order valence-electron chi connectivity index (χ2n) is 3.73. The van der Waals surface area contributed by atoms with Gasteiger partial charge in [-0.05, 0) is 40.2 Å². The number of carbonyl (C=O) groups is 1. The van der Waals surface area contributed by atoms with Crippen LogP contribution in [0.1, 0.15) is 0 Å². The van der Waals surface area contributed by atoms with Gasteiger partial charge in [0.15, 0.2) is 5.75 Å². The highest BCUT2D eigenvalue weighted by molar-refractivity contribution is 9.10. The summed E-state index contributed by atoms with van der Waals surface area (Å²) in [6.45, 7) is 0. The van der Waals surface area contributed by atoms with E-state index >= 15 is 0 Å². The molecule has 0 radical (unpaired) electrons. The number of nitrogens with zero attached hydrogens (tertiary/aromatic N) is 1. The zero-order valence-electron chi connectivity index (χ0n) is 9.68. The average molecular weight is 342 g/mol. The van der Waals surface area contributed by atoms with Crippen molar-refractivity contribution >= 4 is 44.9 Å². The van der Waals surface area contributed by atoms with E-state index < -0.39 is 6.03 Å². The molecule has 0 aliphatic rings. The highest BCUT2D eigenvalue weighted by Gasteiger charge is 2.21. The number of halogens is 2. The summed E-state index contributed by atoms with van der Waals surface area (Å²) < 4.78 is 0.674. The monoisotopic (exact) mass is 340 g/mol. The van der Waals surface area contributed by atoms with Crippen LogP contribution in [0.25, 0.3) is 0 Å². The van der Waals surface area contributed by atoms with E-state index in [-0.39, 0.29) is 16.5 Å². The number of nitrogens with two attached hydrogens (primary N) is 1. The number of rotatable bonds is 2. The van der Waals surface area contributed by atoms with Gasteiger partial charge in [0.25, 0.3) is 0 Å². The number of benzene rings is 2. The third kappa shape index (κ3) is 2.67. The van der Waals surface area contributed by atoms with Crippen LogP contribution in [0.2, 0.25) is 5.02 Å². The summed E-state index contributed by atoms with van der Waals surface area (Å²) in [5, 5.41) is 10.1. The molecule has 2 rings (SSSR count). The highest BCUT2D eigenvalue weighted by Crippen LogP contribution is 2.39. The third-order valence-corrected chi connectivity index (χ3v) is 3.50. The van der Waals surface area contributed by atoms with Crippen molar-refractivity contribution in [3.8, 4) is 5.75 Å². The molecule has 0 atom stereocenters. The van der Waals surface area contributed by atoms with E-state index in [2.05, 4.69) is 15.9 Å². The highest BCUT2D eigenvalue weighted by atomic mass is 79.9.